The largest absolute Gasteiger partial charge is 0.466 e. The maximum atomic E-state index is 13.0. The van der Waals surface area contributed by atoms with E-state index in [4.69, 9.17) is 14.2 Å². The third-order valence-corrected chi connectivity index (χ3v) is 13.1. The number of hydrogen-bond donors (Lipinski definition) is 6. The molecule has 0 aromatic carbocycles. The summed E-state index contributed by atoms with van der Waals surface area (Å²) in [6, 6.07) is -0.817. The molecule has 1 aliphatic rings. The van der Waals surface area contributed by atoms with E-state index < -0.39 is 49.5 Å². The van der Waals surface area contributed by atoms with Crippen LogP contribution in [-0.2, 0) is 23.8 Å². The molecule has 388 valence electrons. The summed E-state index contributed by atoms with van der Waals surface area (Å²) in [4.78, 5) is 25.0. The first-order chi connectivity index (χ1) is 32.2. The van der Waals surface area contributed by atoms with Gasteiger partial charge in [0.15, 0.2) is 6.29 Å². The summed E-state index contributed by atoms with van der Waals surface area (Å²) < 4.78 is 16.7. The van der Waals surface area contributed by atoms with E-state index in [0.717, 1.165) is 70.6 Å². The molecule has 11 nitrogen and oxygen atoms in total. The van der Waals surface area contributed by atoms with Crippen molar-refractivity contribution in [1.29, 1.82) is 0 Å². The van der Waals surface area contributed by atoms with Crippen LogP contribution in [0, 0.1) is 0 Å². The van der Waals surface area contributed by atoms with Gasteiger partial charge in [-0.3, -0.25) is 9.59 Å². The van der Waals surface area contributed by atoms with Gasteiger partial charge in [-0.15, -0.1) is 0 Å². The second-order valence-electron chi connectivity index (χ2n) is 19.3. The lowest BCUT2D eigenvalue weighted by molar-refractivity contribution is -0.302. The van der Waals surface area contributed by atoms with Gasteiger partial charge in [0.1, 0.15) is 24.4 Å². The zero-order valence-electron chi connectivity index (χ0n) is 42.4. The molecular formula is C55H103NO10. The fourth-order valence-electron chi connectivity index (χ4n) is 8.59. The first-order valence-corrected chi connectivity index (χ1v) is 27.6. The minimum absolute atomic E-state index is 0.0340. The van der Waals surface area contributed by atoms with E-state index in [-0.39, 0.29) is 18.5 Å². The van der Waals surface area contributed by atoms with Gasteiger partial charge in [0, 0.05) is 12.8 Å². The van der Waals surface area contributed by atoms with Crippen LogP contribution in [0.2, 0.25) is 0 Å². The second-order valence-corrected chi connectivity index (χ2v) is 19.3. The highest BCUT2D eigenvalue weighted by atomic mass is 16.7. The normalized spacial score (nSPS) is 19.8. The van der Waals surface area contributed by atoms with Gasteiger partial charge >= 0.3 is 5.97 Å². The number of rotatable bonds is 47. The molecule has 66 heavy (non-hydrogen) atoms. The lowest BCUT2D eigenvalue weighted by Gasteiger charge is -2.40. The summed E-state index contributed by atoms with van der Waals surface area (Å²) >= 11 is 0. The quantitative estimate of drug-likeness (QED) is 0.0196. The molecule has 0 aromatic rings. The number of ether oxygens (including phenoxy) is 3. The SMILES string of the molecule is CCCC/C=C\CCCCCCCC(=O)OCCCCCCCCCCCCCCCCC(=O)NC(COC1OC(CO)C(O)C(O)C1O)C(O)/C=C/CCCCCCCCCCCCC. The molecule has 0 radical (unpaired) electrons. The highest BCUT2D eigenvalue weighted by molar-refractivity contribution is 5.76. The molecule has 0 aliphatic carbocycles. The highest BCUT2D eigenvalue weighted by Gasteiger charge is 2.44. The summed E-state index contributed by atoms with van der Waals surface area (Å²) in [7, 11) is 0. The molecule has 6 N–H and O–H groups in total. The molecule has 0 aromatic heterocycles. The lowest BCUT2D eigenvalue weighted by Crippen LogP contribution is -2.60. The molecular weight excluding hydrogens is 835 g/mol. The molecule has 7 unspecified atom stereocenters. The van der Waals surface area contributed by atoms with Gasteiger partial charge in [-0.2, -0.15) is 0 Å². The van der Waals surface area contributed by atoms with Crippen LogP contribution in [0.5, 0.6) is 0 Å². The number of hydrogen-bond acceptors (Lipinski definition) is 10. The monoisotopic (exact) mass is 938 g/mol. The maximum Gasteiger partial charge on any atom is 0.305 e. The van der Waals surface area contributed by atoms with Crippen molar-refractivity contribution in [2.75, 3.05) is 19.8 Å². The topological polar surface area (TPSA) is 175 Å². The number of esters is 1. The fraction of sp³-hybridized carbons (Fsp3) is 0.891. The lowest BCUT2D eigenvalue weighted by atomic mass is 9.99. The van der Waals surface area contributed by atoms with Crippen LogP contribution in [0.25, 0.3) is 0 Å². The average molecular weight is 938 g/mol. The maximum absolute atomic E-state index is 13.0. The van der Waals surface area contributed by atoms with Crippen LogP contribution in [0.1, 0.15) is 251 Å². The van der Waals surface area contributed by atoms with Crippen molar-refractivity contribution in [3.05, 3.63) is 24.3 Å². The number of allylic oxidation sites excluding steroid dienone is 3. The Morgan fingerprint density at radius 1 is 0.545 bits per heavy atom. The van der Waals surface area contributed by atoms with Crippen molar-refractivity contribution in [2.45, 2.75) is 294 Å². The van der Waals surface area contributed by atoms with E-state index in [2.05, 4.69) is 31.3 Å². The predicted molar refractivity (Wildman–Crippen MR) is 269 cm³/mol. The zero-order valence-corrected chi connectivity index (χ0v) is 42.4. The van der Waals surface area contributed by atoms with E-state index in [1.54, 1.807) is 6.08 Å². The first-order valence-electron chi connectivity index (χ1n) is 27.6. The highest BCUT2D eigenvalue weighted by Crippen LogP contribution is 2.23. The summed E-state index contributed by atoms with van der Waals surface area (Å²) in [5.41, 5.74) is 0. The van der Waals surface area contributed by atoms with Crippen LogP contribution in [0.3, 0.4) is 0 Å². The smallest absolute Gasteiger partial charge is 0.305 e. The van der Waals surface area contributed by atoms with Crippen LogP contribution in [0.15, 0.2) is 24.3 Å². The van der Waals surface area contributed by atoms with Crippen molar-refractivity contribution >= 4 is 11.9 Å². The average Bonchev–Trinajstić information content (AvgIpc) is 3.31. The zero-order chi connectivity index (χ0) is 48.1. The molecule has 1 heterocycles. The van der Waals surface area contributed by atoms with Gasteiger partial charge in [-0.05, 0) is 51.4 Å². The Hall–Kier alpha value is -1.86. The van der Waals surface area contributed by atoms with Crippen molar-refractivity contribution in [1.82, 2.24) is 5.32 Å². The van der Waals surface area contributed by atoms with Crippen LogP contribution in [0.4, 0.5) is 0 Å². The van der Waals surface area contributed by atoms with E-state index in [1.807, 2.05) is 6.08 Å². The van der Waals surface area contributed by atoms with Crippen LogP contribution in [-0.4, -0.2) is 100 Å². The Morgan fingerprint density at radius 2 is 0.985 bits per heavy atom. The number of unbranched alkanes of at least 4 members (excludes halogenated alkanes) is 31. The van der Waals surface area contributed by atoms with Gasteiger partial charge in [-0.1, -0.05) is 212 Å². The van der Waals surface area contributed by atoms with Gasteiger partial charge in [0.05, 0.1) is 32.0 Å². The van der Waals surface area contributed by atoms with Crippen molar-refractivity contribution in [3.63, 3.8) is 0 Å². The molecule has 11 heteroatoms. The van der Waals surface area contributed by atoms with E-state index in [1.165, 1.54) is 154 Å². The molecule has 7 atom stereocenters. The molecule has 0 spiro atoms. The second kappa shape index (κ2) is 45.6. The minimum Gasteiger partial charge on any atom is -0.466 e. The summed E-state index contributed by atoms with van der Waals surface area (Å²) in [6.45, 7) is 4.26. The Kier molecular flexibility index (Phi) is 42.9. The van der Waals surface area contributed by atoms with Gasteiger partial charge < -0.3 is 45.1 Å². The fourth-order valence-corrected chi connectivity index (χ4v) is 8.59. The van der Waals surface area contributed by atoms with Gasteiger partial charge in [0.2, 0.25) is 5.91 Å². The molecule has 1 aliphatic heterocycles. The standard InChI is InChI=1S/C55H103NO10/c1-3-5-7-9-11-13-15-18-22-25-29-33-37-41-48(58)47(46-65-55-54(63)53(62)52(61)49(45-57)66-55)56-50(59)42-38-34-30-26-23-19-16-17-20-24-28-32-36-40-44-64-51(60)43-39-35-31-27-21-14-12-10-8-6-4-2/h10,12,37,41,47-49,52-55,57-58,61-63H,3-9,11,13-36,38-40,42-46H2,1-2H3,(H,56,59)/b12-10-,41-37+. The Morgan fingerprint density at radius 3 is 1.50 bits per heavy atom. The van der Waals surface area contributed by atoms with E-state index >= 15 is 0 Å². The number of amides is 1. The summed E-state index contributed by atoms with van der Waals surface area (Å²) in [5.74, 6) is -0.226. The number of carbonyl (C=O) groups excluding carboxylic acids is 2. The molecule has 0 saturated carbocycles. The molecule has 1 amide bonds. The third-order valence-electron chi connectivity index (χ3n) is 13.1. The third kappa shape index (κ3) is 35.3. The number of nitrogens with one attached hydrogen (secondary N) is 1. The Balaban J connectivity index is 2.16. The number of carbonyl (C=O) groups is 2. The van der Waals surface area contributed by atoms with Gasteiger partial charge in [0.25, 0.3) is 0 Å². The molecule has 0 bridgehead atoms. The van der Waals surface area contributed by atoms with E-state index in [9.17, 15) is 35.1 Å². The molecule has 1 fully saturated rings. The van der Waals surface area contributed by atoms with Gasteiger partial charge in [-0.25, -0.2) is 0 Å². The Labute approximate surface area is 403 Å². The van der Waals surface area contributed by atoms with Crippen molar-refractivity contribution in [3.8, 4) is 0 Å². The first kappa shape index (κ1) is 62.2. The van der Waals surface area contributed by atoms with Crippen molar-refractivity contribution < 1.29 is 49.3 Å². The number of aliphatic hydroxyl groups is 5. The molecule has 1 rings (SSSR count). The minimum atomic E-state index is -1.57. The molecule has 1 saturated heterocycles. The summed E-state index contributed by atoms with van der Waals surface area (Å²) in [6.07, 6.45) is 42.4. The number of aliphatic hydroxyl groups excluding tert-OH is 5. The van der Waals surface area contributed by atoms with E-state index in [0.29, 0.717) is 19.4 Å². The summed E-state index contributed by atoms with van der Waals surface area (Å²) in [5, 5.41) is 54.3. The van der Waals surface area contributed by atoms with Crippen LogP contribution < -0.4 is 5.32 Å². The predicted octanol–water partition coefficient (Wildman–Crippen LogP) is 11.8. The van der Waals surface area contributed by atoms with Crippen LogP contribution >= 0.6 is 0 Å². The van der Waals surface area contributed by atoms with Crippen molar-refractivity contribution in [2.24, 2.45) is 0 Å². The Bertz CT molecular complexity index is 1150.